The molecule has 1 aliphatic rings. The zero-order valence-corrected chi connectivity index (χ0v) is 11.9. The van der Waals surface area contributed by atoms with Gasteiger partial charge < -0.3 is 9.84 Å². The molecule has 0 aliphatic heterocycles. The predicted molar refractivity (Wildman–Crippen MR) is 71.3 cm³/mol. The molecule has 0 heterocycles. The minimum Gasteiger partial charge on any atom is -0.465 e. The summed E-state index contributed by atoms with van der Waals surface area (Å²) in [6.07, 6.45) is 4.90. The summed E-state index contributed by atoms with van der Waals surface area (Å²) >= 11 is 0. The van der Waals surface area contributed by atoms with E-state index >= 15 is 0 Å². The fraction of sp³-hybridized carbons (Fsp3) is 0.929. The Kier molecular flexibility index (Phi) is 6.65. The lowest BCUT2D eigenvalue weighted by Gasteiger charge is -2.33. The van der Waals surface area contributed by atoms with Crippen LogP contribution in [-0.4, -0.2) is 48.3 Å². The quantitative estimate of drug-likeness (QED) is 0.737. The van der Waals surface area contributed by atoms with Crippen LogP contribution in [0.1, 0.15) is 46.0 Å². The number of nitrogens with zero attached hydrogens (tertiary/aromatic N) is 1. The number of aliphatic hydroxyl groups excluding tert-OH is 1. The van der Waals surface area contributed by atoms with Gasteiger partial charge in [-0.1, -0.05) is 19.8 Å². The van der Waals surface area contributed by atoms with Crippen molar-refractivity contribution in [3.8, 4) is 0 Å². The Morgan fingerprint density at radius 2 is 2.11 bits per heavy atom. The minimum atomic E-state index is -0.231. The zero-order chi connectivity index (χ0) is 13.5. The van der Waals surface area contributed by atoms with Crippen LogP contribution >= 0.6 is 0 Å². The maximum Gasteiger partial charge on any atom is 0.323 e. The molecule has 4 heteroatoms. The van der Waals surface area contributed by atoms with E-state index in [9.17, 15) is 9.90 Å². The van der Waals surface area contributed by atoms with Gasteiger partial charge in [-0.05, 0) is 39.2 Å². The summed E-state index contributed by atoms with van der Waals surface area (Å²) in [4.78, 5) is 13.7. The molecule has 18 heavy (non-hydrogen) atoms. The van der Waals surface area contributed by atoms with Crippen molar-refractivity contribution in [1.82, 2.24) is 4.90 Å². The largest absolute Gasteiger partial charge is 0.465 e. The Labute approximate surface area is 110 Å². The molecular weight excluding hydrogens is 230 g/mol. The molecule has 1 aliphatic carbocycles. The molecule has 1 N–H and O–H groups in total. The summed E-state index contributed by atoms with van der Waals surface area (Å²) in [6.45, 7) is 5.11. The maximum absolute atomic E-state index is 11.7. The van der Waals surface area contributed by atoms with Crippen molar-refractivity contribution in [3.63, 3.8) is 0 Å². The number of esters is 1. The average molecular weight is 257 g/mol. The molecule has 0 spiro atoms. The van der Waals surface area contributed by atoms with Gasteiger partial charge in [0, 0.05) is 6.54 Å². The second kappa shape index (κ2) is 7.74. The lowest BCUT2D eigenvalue weighted by Crippen LogP contribution is -2.43. The molecule has 106 valence electrons. The van der Waals surface area contributed by atoms with E-state index in [1.165, 1.54) is 6.42 Å². The van der Waals surface area contributed by atoms with Gasteiger partial charge >= 0.3 is 5.97 Å². The molecule has 1 rings (SSSR count). The fourth-order valence-electron chi connectivity index (χ4n) is 2.43. The third-order valence-electron chi connectivity index (χ3n) is 3.84. The van der Waals surface area contributed by atoms with Gasteiger partial charge in [-0.2, -0.15) is 0 Å². The number of carbonyl (C=O) groups is 1. The molecular formula is C14H27NO3. The van der Waals surface area contributed by atoms with Gasteiger partial charge in [0.2, 0.25) is 0 Å². The first kappa shape index (κ1) is 15.4. The normalized spacial score (nSPS) is 26.1. The summed E-state index contributed by atoms with van der Waals surface area (Å²) in [5, 5.41) is 9.94. The molecule has 0 aromatic carbocycles. The van der Waals surface area contributed by atoms with Crippen molar-refractivity contribution in [1.29, 1.82) is 0 Å². The van der Waals surface area contributed by atoms with E-state index in [1.54, 1.807) is 0 Å². The second-order valence-electron chi connectivity index (χ2n) is 5.39. The zero-order valence-electron chi connectivity index (χ0n) is 11.9. The van der Waals surface area contributed by atoms with Crippen LogP contribution in [0.2, 0.25) is 0 Å². The second-order valence-corrected chi connectivity index (χ2v) is 5.39. The number of carbonyl (C=O) groups excluding carboxylic acids is 1. The van der Waals surface area contributed by atoms with Crippen LogP contribution in [0, 0.1) is 5.92 Å². The maximum atomic E-state index is 11.7. The number of rotatable bonds is 6. The number of likely N-dealkylation sites (N-methyl/N-ethyl adjacent to an activating group) is 1. The number of hydrogen-bond acceptors (Lipinski definition) is 4. The van der Waals surface area contributed by atoms with E-state index in [1.807, 2.05) is 25.8 Å². The monoisotopic (exact) mass is 257 g/mol. The molecule has 0 amide bonds. The summed E-state index contributed by atoms with van der Waals surface area (Å²) in [7, 11) is 1.93. The first-order valence-corrected chi connectivity index (χ1v) is 7.11. The molecule has 1 saturated carbocycles. The van der Waals surface area contributed by atoms with E-state index in [0.29, 0.717) is 12.5 Å². The van der Waals surface area contributed by atoms with Crippen molar-refractivity contribution in [3.05, 3.63) is 0 Å². The van der Waals surface area contributed by atoms with E-state index in [2.05, 4.69) is 0 Å². The van der Waals surface area contributed by atoms with Crippen molar-refractivity contribution < 1.29 is 14.6 Å². The van der Waals surface area contributed by atoms with Gasteiger partial charge in [0.25, 0.3) is 0 Å². The predicted octanol–water partition coefficient (Wildman–Crippen LogP) is 1.81. The van der Waals surface area contributed by atoms with Crippen LogP contribution in [0.15, 0.2) is 0 Å². The molecule has 0 radical (unpaired) electrons. The van der Waals surface area contributed by atoms with E-state index in [0.717, 1.165) is 32.2 Å². The molecule has 4 nitrogen and oxygen atoms in total. The van der Waals surface area contributed by atoms with Crippen LogP contribution in [0.4, 0.5) is 0 Å². The lowest BCUT2D eigenvalue weighted by atomic mass is 9.86. The van der Waals surface area contributed by atoms with Crippen LogP contribution < -0.4 is 0 Å². The van der Waals surface area contributed by atoms with Gasteiger partial charge in [0.1, 0.15) is 6.04 Å². The SMILES string of the molecule is CCCOC(=O)C(C)N(C)CC1CCCCC1O. The standard InChI is InChI=1S/C14H27NO3/c1-4-9-18-14(17)11(2)15(3)10-12-7-5-6-8-13(12)16/h11-13,16H,4-10H2,1-3H3. The Bertz CT molecular complexity index is 257. The van der Waals surface area contributed by atoms with Gasteiger partial charge in [0.15, 0.2) is 0 Å². The van der Waals surface area contributed by atoms with E-state index in [4.69, 9.17) is 4.74 Å². The number of aliphatic hydroxyl groups is 1. The van der Waals surface area contributed by atoms with Crippen molar-refractivity contribution in [2.45, 2.75) is 58.1 Å². The molecule has 1 fully saturated rings. The van der Waals surface area contributed by atoms with Gasteiger partial charge in [-0.15, -0.1) is 0 Å². The van der Waals surface area contributed by atoms with Gasteiger partial charge in [-0.3, -0.25) is 9.69 Å². The third-order valence-corrected chi connectivity index (χ3v) is 3.84. The van der Waals surface area contributed by atoms with Crippen LogP contribution in [0.25, 0.3) is 0 Å². The van der Waals surface area contributed by atoms with Crippen molar-refractivity contribution >= 4 is 5.97 Å². The highest BCUT2D eigenvalue weighted by molar-refractivity contribution is 5.75. The smallest absolute Gasteiger partial charge is 0.323 e. The Hall–Kier alpha value is -0.610. The molecule has 0 bridgehead atoms. The van der Waals surface area contributed by atoms with Crippen LogP contribution in [0.5, 0.6) is 0 Å². The molecule has 0 aromatic rings. The highest BCUT2D eigenvalue weighted by Crippen LogP contribution is 2.25. The van der Waals surface area contributed by atoms with E-state index in [-0.39, 0.29) is 18.1 Å². The highest BCUT2D eigenvalue weighted by Gasteiger charge is 2.27. The molecule has 3 atom stereocenters. The van der Waals surface area contributed by atoms with Crippen molar-refractivity contribution in [2.24, 2.45) is 5.92 Å². The Balaban J connectivity index is 2.38. The summed E-state index contributed by atoms with van der Waals surface area (Å²) < 4.78 is 5.15. The summed E-state index contributed by atoms with van der Waals surface area (Å²) in [5.41, 5.74) is 0. The Morgan fingerprint density at radius 3 is 2.72 bits per heavy atom. The highest BCUT2D eigenvalue weighted by atomic mass is 16.5. The lowest BCUT2D eigenvalue weighted by molar-refractivity contribution is -0.149. The summed E-state index contributed by atoms with van der Waals surface area (Å²) in [5.74, 6) is 0.134. The van der Waals surface area contributed by atoms with Crippen LogP contribution in [0.3, 0.4) is 0 Å². The number of hydrogen-bond donors (Lipinski definition) is 1. The van der Waals surface area contributed by atoms with Crippen LogP contribution in [-0.2, 0) is 9.53 Å². The first-order chi connectivity index (χ1) is 8.56. The minimum absolute atomic E-state index is 0.162. The fourth-order valence-corrected chi connectivity index (χ4v) is 2.43. The Morgan fingerprint density at radius 1 is 1.44 bits per heavy atom. The first-order valence-electron chi connectivity index (χ1n) is 7.11. The van der Waals surface area contributed by atoms with Gasteiger partial charge in [0.05, 0.1) is 12.7 Å². The third kappa shape index (κ3) is 4.58. The molecule has 0 saturated heterocycles. The van der Waals surface area contributed by atoms with Crippen molar-refractivity contribution in [2.75, 3.05) is 20.2 Å². The average Bonchev–Trinajstić information content (AvgIpc) is 2.37. The molecule has 0 aromatic heterocycles. The summed E-state index contributed by atoms with van der Waals surface area (Å²) in [6, 6.07) is -0.231. The number of ether oxygens (including phenoxy) is 1. The molecule has 3 unspecified atom stereocenters. The topological polar surface area (TPSA) is 49.8 Å². The van der Waals surface area contributed by atoms with Gasteiger partial charge in [-0.25, -0.2) is 0 Å². The van der Waals surface area contributed by atoms with E-state index < -0.39 is 0 Å².